The topological polar surface area (TPSA) is 56.8 Å². The van der Waals surface area contributed by atoms with Crippen LogP contribution >= 0.6 is 0 Å². The molecule has 2 aromatic rings. The molecule has 1 N–H and O–H groups in total. The van der Waals surface area contributed by atoms with Crippen LogP contribution in [0.3, 0.4) is 0 Å². The van der Waals surface area contributed by atoms with Crippen molar-refractivity contribution in [1.29, 1.82) is 0 Å². The van der Waals surface area contributed by atoms with Crippen LogP contribution in [0.2, 0.25) is 0 Å². The molecule has 0 unspecified atom stereocenters. The molecule has 0 aromatic heterocycles. The van der Waals surface area contributed by atoms with Gasteiger partial charge in [0.25, 0.3) is 5.91 Å². The number of rotatable bonds is 9. The van der Waals surface area contributed by atoms with Crippen LogP contribution in [0.5, 0.6) is 11.5 Å². The molecule has 0 aliphatic rings. The van der Waals surface area contributed by atoms with Gasteiger partial charge in [-0.25, -0.2) is 0 Å². The van der Waals surface area contributed by atoms with Gasteiger partial charge in [-0.15, -0.1) is 0 Å². The van der Waals surface area contributed by atoms with Gasteiger partial charge >= 0.3 is 0 Å². The highest BCUT2D eigenvalue weighted by atomic mass is 16.5. The quantitative estimate of drug-likeness (QED) is 0.733. The summed E-state index contributed by atoms with van der Waals surface area (Å²) in [4.78, 5) is 12.6. The van der Waals surface area contributed by atoms with Crippen molar-refractivity contribution in [2.45, 2.75) is 33.4 Å². The summed E-state index contributed by atoms with van der Waals surface area (Å²) in [6.07, 6.45) is 0. The molecule has 2 aromatic carbocycles. The van der Waals surface area contributed by atoms with E-state index in [9.17, 15) is 4.79 Å². The number of carbonyl (C=O) groups excluding carboxylic acids is 1. The fourth-order valence-electron chi connectivity index (χ4n) is 2.67. The largest absolute Gasteiger partial charge is 0.490 e. The van der Waals surface area contributed by atoms with Gasteiger partial charge in [0, 0.05) is 12.7 Å². The SMILES string of the molecule is CCOc1ccc([C@H](C)NC(=O)c2cccc(COC)c2)cc1OCC. The number of nitrogens with one attached hydrogen (secondary N) is 1. The van der Waals surface area contributed by atoms with Gasteiger partial charge in [0.2, 0.25) is 0 Å². The molecular formula is C21H27NO4. The Bertz CT molecular complexity index is 730. The normalized spacial score (nSPS) is 11.7. The zero-order valence-electron chi connectivity index (χ0n) is 15.9. The summed E-state index contributed by atoms with van der Waals surface area (Å²) in [6.45, 7) is 7.42. The van der Waals surface area contributed by atoms with E-state index in [1.54, 1.807) is 13.2 Å². The first-order chi connectivity index (χ1) is 12.6. The van der Waals surface area contributed by atoms with Crippen molar-refractivity contribution in [3.63, 3.8) is 0 Å². The fraction of sp³-hybridized carbons (Fsp3) is 0.381. The maximum absolute atomic E-state index is 12.6. The van der Waals surface area contributed by atoms with Gasteiger partial charge in [-0.1, -0.05) is 18.2 Å². The van der Waals surface area contributed by atoms with Crippen LogP contribution in [-0.2, 0) is 11.3 Å². The van der Waals surface area contributed by atoms with E-state index in [1.165, 1.54) is 0 Å². The predicted molar refractivity (Wildman–Crippen MR) is 102 cm³/mol. The van der Waals surface area contributed by atoms with E-state index >= 15 is 0 Å². The Balaban J connectivity index is 2.13. The third-order valence-corrected chi connectivity index (χ3v) is 3.92. The number of methoxy groups -OCH3 is 1. The Morgan fingerprint density at radius 2 is 1.77 bits per heavy atom. The van der Waals surface area contributed by atoms with Gasteiger partial charge in [-0.3, -0.25) is 4.79 Å². The van der Waals surface area contributed by atoms with Crippen LogP contribution in [0, 0.1) is 0 Å². The zero-order valence-corrected chi connectivity index (χ0v) is 15.9. The van der Waals surface area contributed by atoms with Gasteiger partial charge in [-0.2, -0.15) is 0 Å². The zero-order chi connectivity index (χ0) is 18.9. The van der Waals surface area contributed by atoms with E-state index in [4.69, 9.17) is 14.2 Å². The summed E-state index contributed by atoms with van der Waals surface area (Å²) in [5, 5.41) is 3.03. The van der Waals surface area contributed by atoms with Crippen LogP contribution in [0.15, 0.2) is 42.5 Å². The van der Waals surface area contributed by atoms with Crippen LogP contribution < -0.4 is 14.8 Å². The van der Waals surface area contributed by atoms with Crippen LogP contribution in [-0.4, -0.2) is 26.2 Å². The van der Waals surface area contributed by atoms with E-state index in [-0.39, 0.29) is 11.9 Å². The number of carbonyl (C=O) groups is 1. The Morgan fingerprint density at radius 3 is 2.46 bits per heavy atom. The van der Waals surface area contributed by atoms with Crippen molar-refractivity contribution in [2.24, 2.45) is 0 Å². The number of amides is 1. The summed E-state index contributed by atoms with van der Waals surface area (Å²) in [6, 6.07) is 13.0. The highest BCUT2D eigenvalue weighted by Crippen LogP contribution is 2.30. The van der Waals surface area contributed by atoms with Crippen molar-refractivity contribution in [3.8, 4) is 11.5 Å². The van der Waals surface area contributed by atoms with Gasteiger partial charge in [0.1, 0.15) is 0 Å². The number of hydrogen-bond acceptors (Lipinski definition) is 4. The highest BCUT2D eigenvalue weighted by Gasteiger charge is 2.14. The number of ether oxygens (including phenoxy) is 3. The monoisotopic (exact) mass is 357 g/mol. The predicted octanol–water partition coefficient (Wildman–Crippen LogP) is 4.12. The van der Waals surface area contributed by atoms with Crippen LogP contribution in [0.1, 0.15) is 48.3 Å². The smallest absolute Gasteiger partial charge is 0.251 e. The average molecular weight is 357 g/mol. The average Bonchev–Trinajstić information content (AvgIpc) is 2.64. The minimum atomic E-state index is -0.163. The van der Waals surface area contributed by atoms with Crippen molar-refractivity contribution >= 4 is 5.91 Å². The second-order valence-electron chi connectivity index (χ2n) is 5.90. The number of benzene rings is 2. The molecule has 0 fully saturated rings. The first-order valence-corrected chi connectivity index (χ1v) is 8.87. The van der Waals surface area contributed by atoms with E-state index in [2.05, 4.69) is 5.32 Å². The molecule has 0 aliphatic heterocycles. The third-order valence-electron chi connectivity index (χ3n) is 3.92. The second-order valence-corrected chi connectivity index (χ2v) is 5.90. The first-order valence-electron chi connectivity index (χ1n) is 8.87. The lowest BCUT2D eigenvalue weighted by molar-refractivity contribution is 0.0939. The van der Waals surface area contributed by atoms with Gasteiger partial charge in [-0.05, 0) is 56.2 Å². The summed E-state index contributed by atoms with van der Waals surface area (Å²) in [7, 11) is 1.64. The van der Waals surface area contributed by atoms with Gasteiger partial charge in [0.05, 0.1) is 25.9 Å². The molecular weight excluding hydrogens is 330 g/mol. The molecule has 1 amide bonds. The third kappa shape index (κ3) is 5.23. The maximum Gasteiger partial charge on any atom is 0.251 e. The van der Waals surface area contributed by atoms with Crippen LogP contribution in [0.25, 0.3) is 0 Å². The molecule has 0 radical (unpaired) electrons. The summed E-state index contributed by atoms with van der Waals surface area (Å²) < 4.78 is 16.4. The summed E-state index contributed by atoms with van der Waals surface area (Å²) >= 11 is 0. The lowest BCUT2D eigenvalue weighted by atomic mass is 10.1. The molecule has 0 saturated heterocycles. The second kappa shape index (κ2) is 9.82. The maximum atomic E-state index is 12.6. The molecule has 5 heteroatoms. The van der Waals surface area contributed by atoms with Crippen LogP contribution in [0.4, 0.5) is 0 Å². The summed E-state index contributed by atoms with van der Waals surface area (Å²) in [5.74, 6) is 1.28. The van der Waals surface area contributed by atoms with E-state index in [1.807, 2.05) is 57.2 Å². The van der Waals surface area contributed by atoms with E-state index in [0.29, 0.717) is 36.9 Å². The minimum absolute atomic E-state index is 0.123. The molecule has 0 aliphatic carbocycles. The van der Waals surface area contributed by atoms with Gasteiger partial charge < -0.3 is 19.5 Å². The molecule has 0 saturated carbocycles. The molecule has 140 valence electrons. The molecule has 26 heavy (non-hydrogen) atoms. The molecule has 0 heterocycles. The van der Waals surface area contributed by atoms with Crippen molar-refractivity contribution in [1.82, 2.24) is 5.32 Å². The minimum Gasteiger partial charge on any atom is -0.490 e. The Morgan fingerprint density at radius 1 is 1.04 bits per heavy atom. The number of hydrogen-bond donors (Lipinski definition) is 1. The Labute approximate surface area is 155 Å². The van der Waals surface area contributed by atoms with Crippen molar-refractivity contribution < 1.29 is 19.0 Å². The molecule has 0 spiro atoms. The van der Waals surface area contributed by atoms with E-state index in [0.717, 1.165) is 11.1 Å². The molecule has 1 atom stereocenters. The molecule has 2 rings (SSSR count). The Hall–Kier alpha value is -2.53. The fourth-order valence-corrected chi connectivity index (χ4v) is 2.67. The Kier molecular flexibility index (Phi) is 7.48. The van der Waals surface area contributed by atoms with E-state index < -0.39 is 0 Å². The first kappa shape index (κ1) is 19.8. The lowest BCUT2D eigenvalue weighted by Crippen LogP contribution is -2.26. The van der Waals surface area contributed by atoms with Crippen molar-refractivity contribution in [2.75, 3.05) is 20.3 Å². The standard InChI is InChI=1S/C21H27NO4/c1-5-25-19-11-10-17(13-20(19)26-6-2)15(3)22-21(23)18-9-7-8-16(12-18)14-24-4/h7-13,15H,5-6,14H2,1-4H3,(H,22,23)/t15-/m0/s1. The summed E-state index contributed by atoms with van der Waals surface area (Å²) in [5.41, 5.74) is 2.54. The van der Waals surface area contributed by atoms with Gasteiger partial charge in [0.15, 0.2) is 11.5 Å². The highest BCUT2D eigenvalue weighted by molar-refractivity contribution is 5.94. The lowest BCUT2D eigenvalue weighted by Gasteiger charge is -2.18. The molecule has 0 bridgehead atoms. The van der Waals surface area contributed by atoms with Crippen molar-refractivity contribution in [3.05, 3.63) is 59.2 Å². The molecule has 5 nitrogen and oxygen atoms in total.